The maximum atomic E-state index is 7.08. The highest BCUT2D eigenvalue weighted by Gasteiger charge is 2.07. The third-order valence-electron chi connectivity index (χ3n) is 2.47. The lowest BCUT2D eigenvalue weighted by Gasteiger charge is -2.15. The molecule has 0 amide bonds. The Balaban J connectivity index is 2.64. The normalized spacial score (nSPS) is 35.4. The zero-order valence-electron chi connectivity index (χ0n) is 8.59. The third kappa shape index (κ3) is 3.58. The van der Waals surface area contributed by atoms with Gasteiger partial charge in [-0.2, -0.15) is 0 Å². The Morgan fingerprint density at radius 3 is 2.92 bits per heavy atom. The van der Waals surface area contributed by atoms with E-state index in [1.165, 1.54) is 18.2 Å². The minimum Gasteiger partial charge on any atom is -0.313 e. The molecule has 0 bridgehead atoms. The zero-order chi connectivity index (χ0) is 9.68. The van der Waals surface area contributed by atoms with Crippen molar-refractivity contribution < 1.29 is 0 Å². The molecule has 2 atom stereocenters. The molecule has 1 rings (SSSR count). The first kappa shape index (κ1) is 10.2. The molecule has 0 fully saturated rings. The summed E-state index contributed by atoms with van der Waals surface area (Å²) < 4.78 is 0. The van der Waals surface area contributed by atoms with Crippen LogP contribution in [0.25, 0.3) is 0 Å². The van der Waals surface area contributed by atoms with Gasteiger partial charge in [-0.3, -0.25) is 0 Å². The van der Waals surface area contributed by atoms with E-state index in [2.05, 4.69) is 32.1 Å². The lowest BCUT2D eigenvalue weighted by molar-refractivity contribution is 0.536. The average molecular weight is 177 g/mol. The van der Waals surface area contributed by atoms with Crippen molar-refractivity contribution in [2.75, 3.05) is 0 Å². The lowest BCUT2D eigenvalue weighted by Crippen LogP contribution is -2.02. The first-order valence-electron chi connectivity index (χ1n) is 5.07. The van der Waals surface area contributed by atoms with E-state index in [-0.39, 0.29) is 0 Å². The number of nitrogens with one attached hydrogen (secondary N) is 1. The molecule has 0 radical (unpaired) electrons. The van der Waals surface area contributed by atoms with Crippen molar-refractivity contribution in [2.45, 2.75) is 33.1 Å². The van der Waals surface area contributed by atoms with E-state index in [9.17, 15) is 0 Å². The number of hydrogen-bond acceptors (Lipinski definition) is 1. The van der Waals surface area contributed by atoms with Gasteiger partial charge in [0.15, 0.2) is 0 Å². The smallest absolute Gasteiger partial charge is 0.00333 e. The van der Waals surface area contributed by atoms with Crippen LogP contribution in [0.2, 0.25) is 0 Å². The summed E-state index contributed by atoms with van der Waals surface area (Å²) in [5.74, 6) is 1.36. The fraction of sp³-hybridized carbons (Fsp3) is 0.583. The Hall–Kier alpha value is -0.850. The molecule has 0 heterocycles. The fourth-order valence-corrected chi connectivity index (χ4v) is 1.94. The molecule has 13 heavy (non-hydrogen) atoms. The third-order valence-corrected chi connectivity index (χ3v) is 2.47. The molecule has 72 valence electrons. The predicted molar refractivity (Wildman–Crippen MR) is 58.2 cm³/mol. The van der Waals surface area contributed by atoms with Crippen molar-refractivity contribution in [2.24, 2.45) is 11.8 Å². The summed E-state index contributed by atoms with van der Waals surface area (Å²) in [5, 5.41) is 7.08. The number of allylic oxidation sites excluding steroid dienone is 4. The molecule has 0 aromatic rings. The second-order valence-corrected chi connectivity index (χ2v) is 4.06. The first-order valence-corrected chi connectivity index (χ1v) is 5.07. The lowest BCUT2D eigenvalue weighted by atomic mass is 9.91. The average Bonchev–Trinajstić information content (AvgIpc) is 2.01. The van der Waals surface area contributed by atoms with Crippen LogP contribution >= 0.6 is 0 Å². The molecule has 1 N–H and O–H groups in total. The van der Waals surface area contributed by atoms with Gasteiger partial charge < -0.3 is 5.41 Å². The highest BCUT2D eigenvalue weighted by atomic mass is 14.3. The summed E-state index contributed by atoms with van der Waals surface area (Å²) in [7, 11) is 0. The van der Waals surface area contributed by atoms with E-state index in [4.69, 9.17) is 5.41 Å². The summed E-state index contributed by atoms with van der Waals surface area (Å²) in [5.41, 5.74) is 1.39. The van der Waals surface area contributed by atoms with Crippen LogP contribution in [-0.2, 0) is 0 Å². The van der Waals surface area contributed by atoms with Gasteiger partial charge in [0.2, 0.25) is 0 Å². The van der Waals surface area contributed by atoms with Gasteiger partial charge >= 0.3 is 0 Å². The van der Waals surface area contributed by atoms with Crippen LogP contribution in [-0.4, -0.2) is 6.21 Å². The minimum absolute atomic E-state index is 0.662. The van der Waals surface area contributed by atoms with E-state index in [0.29, 0.717) is 11.8 Å². The summed E-state index contributed by atoms with van der Waals surface area (Å²) in [6.45, 7) is 4.53. The Labute approximate surface area is 81.1 Å². The molecular formula is C12H19N. The van der Waals surface area contributed by atoms with Crippen LogP contribution in [0.3, 0.4) is 0 Å². The van der Waals surface area contributed by atoms with Crippen LogP contribution in [0.15, 0.2) is 23.8 Å². The molecule has 0 saturated heterocycles. The molecule has 1 aliphatic rings. The van der Waals surface area contributed by atoms with Gasteiger partial charge in [-0.05, 0) is 30.9 Å². The van der Waals surface area contributed by atoms with Crippen LogP contribution in [0.4, 0.5) is 0 Å². The predicted octanol–water partition coefficient (Wildman–Crippen LogP) is 3.57. The number of rotatable bonds is 2. The van der Waals surface area contributed by atoms with Gasteiger partial charge in [0.25, 0.3) is 0 Å². The van der Waals surface area contributed by atoms with Crippen molar-refractivity contribution in [3.05, 3.63) is 23.8 Å². The quantitative estimate of drug-likeness (QED) is 0.492. The molecule has 0 aromatic carbocycles. The van der Waals surface area contributed by atoms with E-state index in [1.807, 2.05) is 0 Å². The summed E-state index contributed by atoms with van der Waals surface area (Å²) in [4.78, 5) is 0. The molecule has 1 nitrogen and oxygen atoms in total. The molecule has 1 heteroatoms. The van der Waals surface area contributed by atoms with Crippen LogP contribution in [0.1, 0.15) is 33.1 Å². The maximum absolute atomic E-state index is 7.08. The molecule has 0 spiro atoms. The fourth-order valence-electron chi connectivity index (χ4n) is 1.94. The van der Waals surface area contributed by atoms with E-state index in [0.717, 1.165) is 12.8 Å². The highest BCUT2D eigenvalue weighted by Crippen LogP contribution is 2.21. The van der Waals surface area contributed by atoms with E-state index < -0.39 is 0 Å². The van der Waals surface area contributed by atoms with Gasteiger partial charge in [0.1, 0.15) is 0 Å². The Morgan fingerprint density at radius 2 is 2.23 bits per heavy atom. The molecule has 2 unspecified atom stereocenters. The van der Waals surface area contributed by atoms with Gasteiger partial charge in [-0.15, -0.1) is 0 Å². The molecule has 0 aliphatic heterocycles. The second kappa shape index (κ2) is 5.00. The van der Waals surface area contributed by atoms with Crippen LogP contribution < -0.4 is 0 Å². The van der Waals surface area contributed by atoms with Gasteiger partial charge in [0, 0.05) is 6.42 Å². The molecule has 1 aliphatic carbocycles. The van der Waals surface area contributed by atoms with E-state index >= 15 is 0 Å². The minimum atomic E-state index is 0.662. The van der Waals surface area contributed by atoms with Gasteiger partial charge in [0.05, 0.1) is 0 Å². The van der Waals surface area contributed by atoms with Crippen LogP contribution in [0.5, 0.6) is 0 Å². The molecular weight excluding hydrogens is 158 g/mol. The Kier molecular flexibility index (Phi) is 3.94. The van der Waals surface area contributed by atoms with Crippen LogP contribution in [0, 0.1) is 17.2 Å². The van der Waals surface area contributed by atoms with E-state index in [1.54, 1.807) is 0 Å². The van der Waals surface area contributed by atoms with Crippen molar-refractivity contribution >= 4 is 6.21 Å². The monoisotopic (exact) mass is 177 g/mol. The summed E-state index contributed by atoms with van der Waals surface area (Å²) >= 11 is 0. The summed E-state index contributed by atoms with van der Waals surface area (Å²) in [6.07, 6.45) is 11.5. The Morgan fingerprint density at radius 1 is 1.46 bits per heavy atom. The van der Waals surface area contributed by atoms with Crippen molar-refractivity contribution in [3.8, 4) is 0 Å². The van der Waals surface area contributed by atoms with Crippen molar-refractivity contribution in [1.29, 1.82) is 5.41 Å². The largest absolute Gasteiger partial charge is 0.313 e. The SMILES string of the molecule is CC1/C=C/C/C(CC=N)=C\C(C)C1. The second-order valence-electron chi connectivity index (χ2n) is 4.06. The summed E-state index contributed by atoms with van der Waals surface area (Å²) in [6, 6.07) is 0. The van der Waals surface area contributed by atoms with Crippen molar-refractivity contribution in [3.63, 3.8) is 0 Å². The van der Waals surface area contributed by atoms with Gasteiger partial charge in [-0.1, -0.05) is 37.6 Å². The highest BCUT2D eigenvalue weighted by molar-refractivity contribution is 5.57. The Bertz CT molecular complexity index is 225. The molecule has 0 aromatic heterocycles. The van der Waals surface area contributed by atoms with Gasteiger partial charge in [-0.25, -0.2) is 0 Å². The topological polar surface area (TPSA) is 23.9 Å². The molecule has 0 saturated carbocycles. The first-order chi connectivity index (χ1) is 6.22. The number of hydrogen-bond donors (Lipinski definition) is 1. The zero-order valence-corrected chi connectivity index (χ0v) is 8.59. The maximum Gasteiger partial charge on any atom is 0.00333 e. The standard InChI is InChI=1S/C12H19N/c1-10-4-3-5-12(6-7-13)9-11(2)8-10/h3-4,7,9-11,13H,5-6,8H2,1-2H3/b4-3+,12-9+,13-7?. The van der Waals surface area contributed by atoms with Crippen molar-refractivity contribution in [1.82, 2.24) is 0 Å².